The molecule has 2 heterocycles. The monoisotopic (exact) mass is 426 g/mol. The fourth-order valence-corrected chi connectivity index (χ4v) is 4.95. The number of thiophene rings is 1. The second-order valence-corrected chi connectivity index (χ2v) is 9.09. The number of aryl methyl sites for hydroxylation is 1. The second-order valence-electron chi connectivity index (χ2n) is 8.31. The maximum Gasteiger partial charge on any atom is 0.252 e. The van der Waals surface area contributed by atoms with E-state index in [1.807, 2.05) is 33.9 Å². The number of nitrogens with zero attached hydrogens (tertiary/aromatic N) is 1. The molecule has 2 aromatic rings. The number of amides is 2. The molecule has 1 aliphatic carbocycles. The molecule has 1 saturated carbocycles. The number of likely N-dealkylation sites (tertiary alicyclic amines) is 1. The molecule has 160 valence electrons. The van der Waals surface area contributed by atoms with Gasteiger partial charge in [-0.1, -0.05) is 12.1 Å². The summed E-state index contributed by atoms with van der Waals surface area (Å²) in [6.45, 7) is 1.41. The minimum atomic E-state index is -0.0132. The van der Waals surface area contributed by atoms with Gasteiger partial charge in [0, 0.05) is 36.5 Å². The number of hydrogen-bond acceptors (Lipinski definition) is 4. The summed E-state index contributed by atoms with van der Waals surface area (Å²) in [5, 5.41) is 6.86. The smallest absolute Gasteiger partial charge is 0.252 e. The van der Waals surface area contributed by atoms with Crippen molar-refractivity contribution in [3.63, 3.8) is 0 Å². The second kappa shape index (κ2) is 10.1. The van der Waals surface area contributed by atoms with Gasteiger partial charge in [0.1, 0.15) is 5.75 Å². The summed E-state index contributed by atoms with van der Waals surface area (Å²) in [7, 11) is 0. The Morgan fingerprint density at radius 2 is 1.90 bits per heavy atom. The highest BCUT2D eigenvalue weighted by Gasteiger charge is 2.24. The Morgan fingerprint density at radius 1 is 1.10 bits per heavy atom. The Labute approximate surface area is 182 Å². The van der Waals surface area contributed by atoms with E-state index in [0.717, 1.165) is 49.0 Å². The van der Waals surface area contributed by atoms with Crippen LogP contribution in [0.2, 0.25) is 0 Å². The topological polar surface area (TPSA) is 58.6 Å². The van der Waals surface area contributed by atoms with Crippen LogP contribution in [-0.2, 0) is 11.2 Å². The fourth-order valence-electron chi connectivity index (χ4n) is 4.32. The van der Waals surface area contributed by atoms with Crippen LogP contribution in [0, 0.1) is 0 Å². The Balaban J connectivity index is 1.20. The van der Waals surface area contributed by atoms with Crippen LogP contribution in [0.4, 0.5) is 0 Å². The molecule has 5 nitrogen and oxygen atoms in total. The molecule has 0 atom stereocenters. The van der Waals surface area contributed by atoms with Crippen LogP contribution in [0.25, 0.3) is 0 Å². The highest BCUT2D eigenvalue weighted by atomic mass is 32.1. The lowest BCUT2D eigenvalue weighted by atomic mass is 10.0. The van der Waals surface area contributed by atoms with Crippen molar-refractivity contribution in [2.45, 2.75) is 63.5 Å². The van der Waals surface area contributed by atoms with Crippen LogP contribution in [0.5, 0.6) is 5.75 Å². The minimum Gasteiger partial charge on any atom is -0.490 e. The van der Waals surface area contributed by atoms with Gasteiger partial charge in [-0.3, -0.25) is 9.59 Å². The number of nitrogens with one attached hydrogen (secondary N) is 1. The number of carbonyl (C=O) groups is 2. The maximum absolute atomic E-state index is 12.7. The van der Waals surface area contributed by atoms with Crippen molar-refractivity contribution in [3.05, 3.63) is 52.2 Å². The molecular weight excluding hydrogens is 396 g/mol. The van der Waals surface area contributed by atoms with Crippen molar-refractivity contribution < 1.29 is 14.3 Å². The molecule has 6 heteroatoms. The molecule has 1 aromatic heterocycles. The minimum absolute atomic E-state index is 0.0132. The first-order valence-corrected chi connectivity index (χ1v) is 12.0. The van der Waals surface area contributed by atoms with Gasteiger partial charge in [-0.25, -0.2) is 0 Å². The predicted molar refractivity (Wildman–Crippen MR) is 119 cm³/mol. The zero-order valence-corrected chi connectivity index (χ0v) is 18.2. The molecular formula is C24H30N2O3S. The van der Waals surface area contributed by atoms with E-state index < -0.39 is 0 Å². The lowest BCUT2D eigenvalue weighted by Gasteiger charge is -2.32. The van der Waals surface area contributed by atoms with Gasteiger partial charge in [0.25, 0.3) is 5.91 Å². The zero-order valence-electron chi connectivity index (χ0n) is 17.3. The van der Waals surface area contributed by atoms with Gasteiger partial charge in [0.15, 0.2) is 0 Å². The first kappa shape index (κ1) is 20.9. The standard InChI is InChI=1S/C24H30N2O3S/c27-23(9-8-18-4-3-7-22(16-18)29-21-5-1-2-6-21)26-13-10-20(11-14-26)25-24(28)19-12-15-30-17-19/h3-4,7,12,15-17,20-21H,1-2,5-6,8-11,13-14H2,(H,25,28). The van der Waals surface area contributed by atoms with E-state index in [2.05, 4.69) is 17.4 Å². The Morgan fingerprint density at radius 3 is 2.63 bits per heavy atom. The molecule has 30 heavy (non-hydrogen) atoms. The van der Waals surface area contributed by atoms with Gasteiger partial charge in [0.05, 0.1) is 6.10 Å². The Bertz CT molecular complexity index is 838. The van der Waals surface area contributed by atoms with Crippen molar-refractivity contribution >= 4 is 23.2 Å². The van der Waals surface area contributed by atoms with E-state index in [4.69, 9.17) is 4.74 Å². The summed E-state index contributed by atoms with van der Waals surface area (Å²) in [6.07, 6.45) is 8.02. The number of carbonyl (C=O) groups excluding carboxylic acids is 2. The number of benzene rings is 1. The van der Waals surface area contributed by atoms with Crippen LogP contribution >= 0.6 is 11.3 Å². The van der Waals surface area contributed by atoms with Crippen molar-refractivity contribution in [1.29, 1.82) is 0 Å². The maximum atomic E-state index is 12.7. The largest absolute Gasteiger partial charge is 0.490 e. The van der Waals surface area contributed by atoms with Gasteiger partial charge in [-0.15, -0.1) is 0 Å². The molecule has 2 fully saturated rings. The number of hydrogen-bond donors (Lipinski definition) is 1. The SMILES string of the molecule is O=C(NC1CCN(C(=O)CCc2cccc(OC3CCCC3)c2)CC1)c1ccsc1. The molecule has 0 spiro atoms. The third-order valence-electron chi connectivity index (χ3n) is 6.10. The third kappa shape index (κ3) is 5.63. The van der Waals surface area contributed by atoms with Crippen LogP contribution in [0.15, 0.2) is 41.1 Å². The molecule has 4 rings (SSSR count). The van der Waals surface area contributed by atoms with Gasteiger partial charge in [-0.05, 0) is 74.1 Å². The number of ether oxygens (including phenoxy) is 1. The van der Waals surface area contributed by atoms with E-state index in [1.165, 1.54) is 24.2 Å². The van der Waals surface area contributed by atoms with Crippen molar-refractivity contribution in [2.75, 3.05) is 13.1 Å². The summed E-state index contributed by atoms with van der Waals surface area (Å²) in [4.78, 5) is 26.8. The third-order valence-corrected chi connectivity index (χ3v) is 6.78. The highest BCUT2D eigenvalue weighted by Crippen LogP contribution is 2.25. The van der Waals surface area contributed by atoms with Crippen LogP contribution in [0.1, 0.15) is 60.9 Å². The van der Waals surface area contributed by atoms with Crippen LogP contribution < -0.4 is 10.1 Å². The molecule has 0 bridgehead atoms. The summed E-state index contributed by atoms with van der Waals surface area (Å²) in [5.74, 6) is 1.11. The summed E-state index contributed by atoms with van der Waals surface area (Å²) in [5.41, 5.74) is 1.87. The lowest BCUT2D eigenvalue weighted by Crippen LogP contribution is -2.46. The molecule has 1 N–H and O–H groups in total. The van der Waals surface area contributed by atoms with Gasteiger partial charge < -0.3 is 15.0 Å². The van der Waals surface area contributed by atoms with Crippen molar-refractivity contribution in [3.8, 4) is 5.75 Å². The van der Waals surface area contributed by atoms with E-state index in [9.17, 15) is 9.59 Å². The van der Waals surface area contributed by atoms with E-state index in [0.29, 0.717) is 25.6 Å². The van der Waals surface area contributed by atoms with Crippen LogP contribution in [0.3, 0.4) is 0 Å². The normalized spacial score (nSPS) is 17.8. The van der Waals surface area contributed by atoms with E-state index >= 15 is 0 Å². The van der Waals surface area contributed by atoms with Crippen molar-refractivity contribution in [1.82, 2.24) is 10.2 Å². The molecule has 1 aliphatic heterocycles. The predicted octanol–water partition coefficient (Wildman–Crippen LogP) is 4.42. The molecule has 1 aromatic carbocycles. The van der Waals surface area contributed by atoms with Gasteiger partial charge in [0.2, 0.25) is 5.91 Å². The average molecular weight is 427 g/mol. The average Bonchev–Trinajstić information content (AvgIpc) is 3.47. The first-order chi connectivity index (χ1) is 14.7. The Hall–Kier alpha value is -2.34. The molecule has 1 saturated heterocycles. The summed E-state index contributed by atoms with van der Waals surface area (Å²) in [6, 6.07) is 10.2. The van der Waals surface area contributed by atoms with Gasteiger partial charge in [-0.2, -0.15) is 11.3 Å². The molecule has 0 unspecified atom stereocenters. The summed E-state index contributed by atoms with van der Waals surface area (Å²) >= 11 is 1.52. The first-order valence-electron chi connectivity index (χ1n) is 11.0. The van der Waals surface area contributed by atoms with Crippen LogP contribution in [-0.4, -0.2) is 41.9 Å². The Kier molecular flexibility index (Phi) is 7.05. The molecule has 2 aliphatic rings. The summed E-state index contributed by atoms with van der Waals surface area (Å²) < 4.78 is 6.08. The fraction of sp³-hybridized carbons (Fsp3) is 0.500. The zero-order chi connectivity index (χ0) is 20.8. The molecule has 0 radical (unpaired) electrons. The number of piperidine rings is 1. The van der Waals surface area contributed by atoms with Crippen molar-refractivity contribution in [2.24, 2.45) is 0 Å². The van der Waals surface area contributed by atoms with E-state index in [1.54, 1.807) is 0 Å². The number of rotatable bonds is 7. The lowest BCUT2D eigenvalue weighted by molar-refractivity contribution is -0.132. The van der Waals surface area contributed by atoms with E-state index in [-0.39, 0.29) is 17.9 Å². The van der Waals surface area contributed by atoms with Gasteiger partial charge >= 0.3 is 0 Å². The molecule has 2 amide bonds. The quantitative estimate of drug-likeness (QED) is 0.713. The highest BCUT2D eigenvalue weighted by molar-refractivity contribution is 7.08.